The zero-order valence-corrected chi connectivity index (χ0v) is 21.2. The van der Waals surface area contributed by atoms with E-state index < -0.39 is 11.7 Å². The molecule has 0 aromatic heterocycles. The van der Waals surface area contributed by atoms with Crippen molar-refractivity contribution in [2.45, 2.75) is 58.6 Å². The number of hydrogen-bond donors (Lipinski definition) is 1. The van der Waals surface area contributed by atoms with E-state index in [0.717, 1.165) is 31.6 Å². The van der Waals surface area contributed by atoms with Crippen LogP contribution in [0.5, 0.6) is 0 Å². The first-order chi connectivity index (χ1) is 16.6. The van der Waals surface area contributed by atoms with Gasteiger partial charge in [-0.15, -0.1) is 6.42 Å². The third-order valence-electron chi connectivity index (χ3n) is 5.93. The molecule has 2 aromatic rings. The molecule has 1 amide bonds. The standard InChI is InChI=1S/C29H36N2O4/c1-6-21-8-10-22(11-9-21)18-31-19-23(17-27(32)34-7-2)16-25(20-31)24-12-14-26(15-13-24)30-28(33)35-29(3,4)5/h1,8-15,23,25H,7,16-20H2,2-5H3,(H,30,33). The zero-order valence-electron chi connectivity index (χ0n) is 21.2. The predicted octanol–water partition coefficient (Wildman–Crippen LogP) is 5.57. The molecule has 1 N–H and O–H groups in total. The van der Waals surface area contributed by atoms with Gasteiger partial charge in [0.1, 0.15) is 5.60 Å². The lowest BCUT2D eigenvalue weighted by molar-refractivity contribution is -0.144. The van der Waals surface area contributed by atoms with E-state index in [2.05, 4.69) is 28.3 Å². The number of hydrogen-bond acceptors (Lipinski definition) is 5. The lowest BCUT2D eigenvalue weighted by Gasteiger charge is -2.38. The predicted molar refractivity (Wildman–Crippen MR) is 138 cm³/mol. The second-order valence-electron chi connectivity index (χ2n) is 10.1. The van der Waals surface area contributed by atoms with Crippen LogP contribution in [-0.4, -0.2) is 42.3 Å². The topological polar surface area (TPSA) is 67.9 Å². The van der Waals surface area contributed by atoms with Crippen molar-refractivity contribution in [2.75, 3.05) is 25.0 Å². The van der Waals surface area contributed by atoms with Gasteiger partial charge >= 0.3 is 12.1 Å². The summed E-state index contributed by atoms with van der Waals surface area (Å²) >= 11 is 0. The number of piperidine rings is 1. The molecule has 0 saturated carbocycles. The zero-order chi connectivity index (χ0) is 25.4. The molecule has 3 rings (SSSR count). The molecule has 2 unspecified atom stereocenters. The van der Waals surface area contributed by atoms with E-state index in [4.69, 9.17) is 15.9 Å². The van der Waals surface area contributed by atoms with Gasteiger partial charge in [-0.2, -0.15) is 0 Å². The normalized spacial score (nSPS) is 18.4. The second-order valence-corrected chi connectivity index (χ2v) is 10.1. The number of carbonyl (C=O) groups excluding carboxylic acids is 2. The first-order valence-corrected chi connectivity index (χ1v) is 12.2. The summed E-state index contributed by atoms with van der Waals surface area (Å²) in [6, 6.07) is 15.9. The van der Waals surface area contributed by atoms with Crippen molar-refractivity contribution in [1.82, 2.24) is 4.90 Å². The quantitative estimate of drug-likeness (QED) is 0.418. The summed E-state index contributed by atoms with van der Waals surface area (Å²) in [7, 11) is 0. The number of anilines is 1. The van der Waals surface area contributed by atoms with Gasteiger partial charge in [0.15, 0.2) is 0 Å². The maximum atomic E-state index is 12.2. The number of esters is 1. The van der Waals surface area contributed by atoms with Crippen molar-refractivity contribution >= 4 is 17.7 Å². The number of nitrogens with zero attached hydrogens (tertiary/aromatic N) is 1. The number of likely N-dealkylation sites (tertiary alicyclic amines) is 1. The highest BCUT2D eigenvalue weighted by Crippen LogP contribution is 2.33. The smallest absolute Gasteiger partial charge is 0.412 e. The second kappa shape index (κ2) is 11.9. The highest BCUT2D eigenvalue weighted by atomic mass is 16.6. The summed E-state index contributed by atoms with van der Waals surface area (Å²) in [4.78, 5) is 26.7. The minimum absolute atomic E-state index is 0.145. The average molecular weight is 477 g/mol. The van der Waals surface area contributed by atoms with Crippen molar-refractivity contribution in [2.24, 2.45) is 5.92 Å². The Morgan fingerprint density at radius 2 is 1.77 bits per heavy atom. The Labute approximate surface area is 209 Å². The molecule has 2 atom stereocenters. The van der Waals surface area contributed by atoms with E-state index in [9.17, 15) is 9.59 Å². The summed E-state index contributed by atoms with van der Waals surface area (Å²) in [5, 5.41) is 2.78. The maximum Gasteiger partial charge on any atom is 0.412 e. The van der Waals surface area contributed by atoms with Crippen LogP contribution in [0.1, 0.15) is 63.1 Å². The van der Waals surface area contributed by atoms with Crippen LogP contribution in [0, 0.1) is 18.3 Å². The maximum absolute atomic E-state index is 12.2. The summed E-state index contributed by atoms with van der Waals surface area (Å²) in [5.41, 5.74) is 3.38. The Balaban J connectivity index is 1.71. The molecule has 1 aliphatic heterocycles. The molecule has 6 nitrogen and oxygen atoms in total. The molecule has 1 aliphatic rings. The molecule has 0 bridgehead atoms. The van der Waals surface area contributed by atoms with Gasteiger partial charge in [0.2, 0.25) is 0 Å². The van der Waals surface area contributed by atoms with Gasteiger partial charge in [0.25, 0.3) is 0 Å². The molecule has 0 radical (unpaired) electrons. The monoisotopic (exact) mass is 476 g/mol. The fourth-order valence-corrected chi connectivity index (χ4v) is 4.50. The summed E-state index contributed by atoms with van der Waals surface area (Å²) in [6.07, 6.45) is 6.33. The van der Waals surface area contributed by atoms with Crippen molar-refractivity contribution in [1.29, 1.82) is 0 Å². The Hall–Kier alpha value is -3.30. The Morgan fingerprint density at radius 1 is 1.09 bits per heavy atom. The molecule has 1 saturated heterocycles. The van der Waals surface area contributed by atoms with Gasteiger partial charge in [-0.3, -0.25) is 15.0 Å². The number of terminal acetylenes is 1. The van der Waals surface area contributed by atoms with Crippen molar-refractivity contribution in [3.63, 3.8) is 0 Å². The first kappa shape index (κ1) is 26.3. The van der Waals surface area contributed by atoms with Crippen LogP contribution < -0.4 is 5.32 Å². The molecule has 1 fully saturated rings. The van der Waals surface area contributed by atoms with Crippen LogP contribution in [0.2, 0.25) is 0 Å². The van der Waals surface area contributed by atoms with Crippen molar-refractivity contribution in [3.05, 3.63) is 65.2 Å². The van der Waals surface area contributed by atoms with Crippen LogP contribution >= 0.6 is 0 Å². The van der Waals surface area contributed by atoms with E-state index in [1.165, 1.54) is 11.1 Å². The van der Waals surface area contributed by atoms with E-state index >= 15 is 0 Å². The first-order valence-electron chi connectivity index (χ1n) is 12.2. The van der Waals surface area contributed by atoms with E-state index in [1.54, 1.807) is 0 Å². The van der Waals surface area contributed by atoms with Crippen LogP contribution in [0.25, 0.3) is 0 Å². The van der Waals surface area contributed by atoms with E-state index in [-0.39, 0.29) is 17.8 Å². The van der Waals surface area contributed by atoms with Crippen LogP contribution in [-0.2, 0) is 20.8 Å². The van der Waals surface area contributed by atoms with Crippen LogP contribution in [0.4, 0.5) is 10.5 Å². The Kier molecular flexibility index (Phi) is 8.95. The van der Waals surface area contributed by atoms with E-state index in [1.807, 2.05) is 64.1 Å². The van der Waals surface area contributed by atoms with Crippen LogP contribution in [0.15, 0.2) is 48.5 Å². The summed E-state index contributed by atoms with van der Waals surface area (Å²) in [5.74, 6) is 2.98. The molecule has 1 heterocycles. The average Bonchev–Trinajstić information content (AvgIpc) is 2.79. The highest BCUT2D eigenvalue weighted by Gasteiger charge is 2.30. The van der Waals surface area contributed by atoms with Gasteiger partial charge in [0, 0.05) is 37.3 Å². The lowest BCUT2D eigenvalue weighted by atomic mass is 9.83. The molecule has 186 valence electrons. The molecular weight excluding hydrogens is 440 g/mol. The Morgan fingerprint density at radius 3 is 2.37 bits per heavy atom. The highest BCUT2D eigenvalue weighted by molar-refractivity contribution is 5.84. The van der Waals surface area contributed by atoms with Gasteiger partial charge in [0.05, 0.1) is 6.61 Å². The molecule has 0 spiro atoms. The fraction of sp³-hybridized carbons (Fsp3) is 0.448. The number of carbonyl (C=O) groups is 2. The molecule has 2 aromatic carbocycles. The summed E-state index contributed by atoms with van der Waals surface area (Å²) < 4.78 is 10.6. The third kappa shape index (κ3) is 8.45. The third-order valence-corrected chi connectivity index (χ3v) is 5.93. The summed E-state index contributed by atoms with van der Waals surface area (Å²) in [6.45, 7) is 10.2. The van der Waals surface area contributed by atoms with Gasteiger partial charge in [-0.1, -0.05) is 30.2 Å². The Bertz CT molecular complexity index is 1030. The van der Waals surface area contributed by atoms with Crippen molar-refractivity contribution in [3.8, 4) is 12.3 Å². The lowest BCUT2D eigenvalue weighted by Crippen LogP contribution is -2.40. The van der Waals surface area contributed by atoms with Crippen molar-refractivity contribution < 1.29 is 19.1 Å². The number of ether oxygens (including phenoxy) is 2. The minimum atomic E-state index is -0.551. The number of nitrogens with one attached hydrogen (secondary N) is 1. The number of benzene rings is 2. The molecule has 6 heteroatoms. The molecule has 35 heavy (non-hydrogen) atoms. The SMILES string of the molecule is C#Cc1ccc(CN2CC(CC(=O)OCC)CC(c3ccc(NC(=O)OC(C)(C)C)cc3)C2)cc1. The number of rotatable bonds is 7. The van der Waals surface area contributed by atoms with Crippen LogP contribution in [0.3, 0.4) is 0 Å². The molecule has 0 aliphatic carbocycles. The number of amides is 1. The fourth-order valence-electron chi connectivity index (χ4n) is 4.50. The minimum Gasteiger partial charge on any atom is -0.466 e. The van der Waals surface area contributed by atoms with Gasteiger partial charge < -0.3 is 9.47 Å². The van der Waals surface area contributed by atoms with E-state index in [0.29, 0.717) is 18.7 Å². The molecular formula is C29H36N2O4. The largest absolute Gasteiger partial charge is 0.466 e. The van der Waals surface area contributed by atoms with Gasteiger partial charge in [-0.05, 0) is 81.3 Å². The van der Waals surface area contributed by atoms with Gasteiger partial charge in [-0.25, -0.2) is 4.79 Å².